The van der Waals surface area contributed by atoms with Crippen molar-refractivity contribution in [2.75, 3.05) is 6.54 Å². The van der Waals surface area contributed by atoms with Crippen molar-refractivity contribution in [3.8, 4) is 6.07 Å². The van der Waals surface area contributed by atoms with Crippen LogP contribution in [0.3, 0.4) is 0 Å². The van der Waals surface area contributed by atoms with Gasteiger partial charge in [0.2, 0.25) is 0 Å². The maximum absolute atomic E-state index is 8.74. The van der Waals surface area contributed by atoms with Gasteiger partial charge < -0.3 is 5.32 Å². The highest BCUT2D eigenvalue weighted by Crippen LogP contribution is 2.37. The molecule has 80 valence electrons. The van der Waals surface area contributed by atoms with E-state index in [1.165, 1.54) is 11.3 Å². The molecule has 0 bridgehead atoms. The average molecular weight is 220 g/mol. The lowest BCUT2D eigenvalue weighted by molar-refractivity contribution is 0.541. The second-order valence-corrected chi connectivity index (χ2v) is 5.53. The Kier molecular flexibility index (Phi) is 3.08. The van der Waals surface area contributed by atoms with Gasteiger partial charge in [-0.2, -0.15) is 5.26 Å². The van der Waals surface area contributed by atoms with Crippen molar-refractivity contribution >= 4 is 11.3 Å². The Bertz CT molecular complexity index is 377. The van der Waals surface area contributed by atoms with E-state index in [1.807, 2.05) is 6.07 Å². The highest BCUT2D eigenvalue weighted by Gasteiger charge is 2.32. The minimum Gasteiger partial charge on any atom is -0.309 e. The van der Waals surface area contributed by atoms with Gasteiger partial charge in [-0.1, -0.05) is 6.92 Å². The fourth-order valence-electron chi connectivity index (χ4n) is 1.76. The zero-order valence-electron chi connectivity index (χ0n) is 9.16. The van der Waals surface area contributed by atoms with E-state index in [1.54, 1.807) is 11.3 Å². The smallest absolute Gasteiger partial charge is 0.110 e. The van der Waals surface area contributed by atoms with Crippen molar-refractivity contribution in [3.63, 3.8) is 0 Å². The first-order valence-corrected chi connectivity index (χ1v) is 6.25. The zero-order chi connectivity index (χ0) is 10.8. The van der Waals surface area contributed by atoms with Crippen LogP contribution < -0.4 is 5.32 Å². The lowest BCUT2D eigenvalue weighted by atomic mass is 10.2. The van der Waals surface area contributed by atoms with E-state index in [0.717, 1.165) is 23.3 Å². The predicted octanol–water partition coefficient (Wildman–Crippen LogP) is 2.93. The van der Waals surface area contributed by atoms with Gasteiger partial charge >= 0.3 is 0 Å². The largest absolute Gasteiger partial charge is 0.309 e. The molecule has 2 rings (SSSR count). The molecule has 15 heavy (non-hydrogen) atoms. The fourth-order valence-corrected chi connectivity index (χ4v) is 2.59. The highest BCUT2D eigenvalue weighted by molar-refractivity contribution is 7.12. The van der Waals surface area contributed by atoms with Crippen LogP contribution in [0.25, 0.3) is 0 Å². The molecule has 1 heterocycles. The molecule has 0 amide bonds. The Morgan fingerprint density at radius 3 is 2.93 bits per heavy atom. The molecule has 0 aliphatic heterocycles. The first-order chi connectivity index (χ1) is 7.20. The maximum atomic E-state index is 8.74. The minimum absolute atomic E-state index is 0.380. The molecule has 2 nitrogen and oxygen atoms in total. The topological polar surface area (TPSA) is 35.8 Å². The first-order valence-electron chi connectivity index (χ1n) is 5.44. The number of hydrogen-bond acceptors (Lipinski definition) is 3. The maximum Gasteiger partial charge on any atom is 0.110 e. The molecule has 0 aromatic carbocycles. The number of nitriles is 1. The van der Waals surface area contributed by atoms with Crippen LogP contribution in [0.5, 0.6) is 0 Å². The van der Waals surface area contributed by atoms with Crippen molar-refractivity contribution in [2.24, 2.45) is 11.8 Å². The average Bonchev–Trinajstić information content (AvgIpc) is 2.78. The normalized spacial score (nSPS) is 25.9. The Labute approximate surface area is 94.9 Å². The molecule has 3 heteroatoms. The van der Waals surface area contributed by atoms with Gasteiger partial charge in [-0.25, -0.2) is 0 Å². The van der Waals surface area contributed by atoms with E-state index in [9.17, 15) is 0 Å². The quantitative estimate of drug-likeness (QED) is 0.847. The summed E-state index contributed by atoms with van der Waals surface area (Å²) in [4.78, 5) is 2.07. The number of thiophene rings is 1. The Hall–Kier alpha value is -0.850. The second kappa shape index (κ2) is 4.34. The number of nitrogens with zero attached hydrogens (tertiary/aromatic N) is 1. The van der Waals surface area contributed by atoms with Gasteiger partial charge in [-0.15, -0.1) is 11.3 Å². The van der Waals surface area contributed by atoms with E-state index in [-0.39, 0.29) is 0 Å². The molecule has 3 unspecified atom stereocenters. The molecule has 1 aliphatic rings. The molecule has 1 N–H and O–H groups in total. The predicted molar refractivity (Wildman–Crippen MR) is 62.7 cm³/mol. The van der Waals surface area contributed by atoms with Gasteiger partial charge in [0, 0.05) is 10.9 Å². The summed E-state index contributed by atoms with van der Waals surface area (Å²) in [7, 11) is 0. The van der Waals surface area contributed by atoms with E-state index < -0.39 is 0 Å². The molecular formula is C12H16N2S. The summed E-state index contributed by atoms with van der Waals surface area (Å²) in [5, 5.41) is 12.3. The van der Waals surface area contributed by atoms with Crippen LogP contribution >= 0.6 is 11.3 Å². The lowest BCUT2D eigenvalue weighted by Gasteiger charge is -2.11. The second-order valence-electron chi connectivity index (χ2n) is 4.42. The van der Waals surface area contributed by atoms with Gasteiger partial charge in [-0.05, 0) is 43.9 Å². The van der Waals surface area contributed by atoms with Crippen molar-refractivity contribution in [2.45, 2.75) is 26.3 Å². The van der Waals surface area contributed by atoms with Crippen LogP contribution in [0.15, 0.2) is 12.1 Å². The van der Waals surface area contributed by atoms with Crippen LogP contribution in [0, 0.1) is 23.2 Å². The highest BCUT2D eigenvalue weighted by atomic mass is 32.1. The third-order valence-corrected chi connectivity index (χ3v) is 4.30. The first kappa shape index (κ1) is 10.7. The van der Waals surface area contributed by atoms with E-state index in [2.05, 4.69) is 31.3 Å². The Morgan fingerprint density at radius 1 is 1.67 bits per heavy atom. The van der Waals surface area contributed by atoms with Crippen LogP contribution in [0.2, 0.25) is 0 Å². The minimum atomic E-state index is 0.380. The lowest BCUT2D eigenvalue weighted by Crippen LogP contribution is -2.20. The SMILES string of the molecule is CC(NCC1CC1C)c1ccc(C#N)s1. The van der Waals surface area contributed by atoms with Gasteiger partial charge in [0.05, 0.1) is 0 Å². The van der Waals surface area contributed by atoms with Crippen molar-refractivity contribution < 1.29 is 0 Å². The van der Waals surface area contributed by atoms with Crippen molar-refractivity contribution in [3.05, 3.63) is 21.9 Å². The summed E-state index contributed by atoms with van der Waals surface area (Å²) in [6.45, 7) is 5.58. The zero-order valence-corrected chi connectivity index (χ0v) is 9.97. The van der Waals surface area contributed by atoms with Crippen molar-refractivity contribution in [1.29, 1.82) is 5.26 Å². The van der Waals surface area contributed by atoms with E-state index in [0.29, 0.717) is 6.04 Å². The summed E-state index contributed by atoms with van der Waals surface area (Å²) in [5.41, 5.74) is 0. The van der Waals surface area contributed by atoms with Crippen LogP contribution in [0.4, 0.5) is 0 Å². The summed E-state index contributed by atoms with van der Waals surface area (Å²) in [6.07, 6.45) is 1.37. The molecule has 1 aromatic rings. The third-order valence-electron chi connectivity index (χ3n) is 3.13. The molecule has 1 fully saturated rings. The Balaban J connectivity index is 1.84. The molecule has 1 saturated carbocycles. The van der Waals surface area contributed by atoms with Gasteiger partial charge in [0.25, 0.3) is 0 Å². The molecule has 0 saturated heterocycles. The standard InChI is InChI=1S/C12H16N2S/c1-8-5-10(8)7-14-9(2)12-4-3-11(6-13)15-12/h3-4,8-10,14H,5,7H2,1-2H3. The fraction of sp³-hybridized carbons (Fsp3) is 0.583. The van der Waals surface area contributed by atoms with Gasteiger partial charge in [0.15, 0.2) is 0 Å². The number of hydrogen-bond donors (Lipinski definition) is 1. The number of nitrogens with one attached hydrogen (secondary N) is 1. The molecule has 0 spiro atoms. The van der Waals surface area contributed by atoms with Crippen LogP contribution in [-0.2, 0) is 0 Å². The summed E-state index contributed by atoms with van der Waals surface area (Å²) >= 11 is 1.59. The molecule has 0 radical (unpaired) electrons. The van der Waals surface area contributed by atoms with Gasteiger partial charge in [-0.3, -0.25) is 0 Å². The molecule has 1 aromatic heterocycles. The summed E-state index contributed by atoms with van der Waals surface area (Å²) in [6, 6.07) is 6.51. The molecule has 1 aliphatic carbocycles. The summed E-state index contributed by atoms with van der Waals surface area (Å²) < 4.78 is 0. The van der Waals surface area contributed by atoms with Crippen molar-refractivity contribution in [1.82, 2.24) is 5.32 Å². The van der Waals surface area contributed by atoms with Gasteiger partial charge in [0.1, 0.15) is 10.9 Å². The van der Waals surface area contributed by atoms with Crippen LogP contribution in [0.1, 0.15) is 36.1 Å². The van der Waals surface area contributed by atoms with E-state index in [4.69, 9.17) is 5.26 Å². The number of rotatable bonds is 4. The molecular weight excluding hydrogens is 204 g/mol. The van der Waals surface area contributed by atoms with Crippen LogP contribution in [-0.4, -0.2) is 6.54 Å². The summed E-state index contributed by atoms with van der Waals surface area (Å²) in [5.74, 6) is 1.78. The third kappa shape index (κ3) is 2.58. The molecule has 3 atom stereocenters. The Morgan fingerprint density at radius 2 is 2.40 bits per heavy atom. The monoisotopic (exact) mass is 220 g/mol. The van der Waals surface area contributed by atoms with E-state index >= 15 is 0 Å².